The first-order chi connectivity index (χ1) is 55.3. The molecule has 0 spiro atoms. The Hall–Kier alpha value is -1.42. The summed E-state index contributed by atoms with van der Waals surface area (Å²) in [5.41, 5.74) is -7.20. The molecular formula is C79H148O42Y6. The molecule has 0 aliphatic heterocycles. The Balaban J connectivity index is -0.000000110. The molecule has 734 valence electrons. The Morgan fingerprint density at radius 2 is 0.362 bits per heavy atom. The second-order valence-electron chi connectivity index (χ2n) is 29.2. The van der Waals surface area contributed by atoms with E-state index in [4.69, 9.17) is 85.3 Å². The first kappa shape index (κ1) is 154. The second kappa shape index (κ2) is 86.2. The van der Waals surface area contributed by atoms with E-state index in [1.54, 1.807) is 166 Å². The van der Waals surface area contributed by atoms with Gasteiger partial charge in [0.05, 0.1) is 116 Å². The van der Waals surface area contributed by atoms with Crippen LogP contribution in [0.4, 0.5) is 28.8 Å². The number of aliphatic hydroxyl groups excluding tert-OH is 6. The van der Waals surface area contributed by atoms with E-state index in [0.29, 0.717) is 38.5 Å². The monoisotopic (exact) mass is 2300 g/mol. The third-order valence-electron chi connectivity index (χ3n) is 14.9. The van der Waals surface area contributed by atoms with Crippen LogP contribution in [-0.2, 0) is 339 Å². The van der Waals surface area contributed by atoms with Gasteiger partial charge in [0.2, 0.25) is 0 Å². The number of rotatable bonds is 48. The first-order valence-corrected chi connectivity index (χ1v) is 38.8. The van der Waals surface area contributed by atoms with Gasteiger partial charge in [-0.3, -0.25) is 0 Å². The molecule has 12 unspecified atom stereocenters. The van der Waals surface area contributed by atoms with Gasteiger partial charge < -0.3 is 144 Å². The number of carbonyl (C=O) groups excluding carboxylic acids is 12. The quantitative estimate of drug-likeness (QED) is 0.0247. The summed E-state index contributed by atoms with van der Waals surface area (Å²) in [6.45, 7) is 38.5. The summed E-state index contributed by atoms with van der Waals surface area (Å²) >= 11 is 0. The van der Waals surface area contributed by atoms with E-state index < -0.39 is 180 Å². The first-order valence-electron chi connectivity index (χ1n) is 38.8. The minimum absolute atomic E-state index is 0. The predicted molar refractivity (Wildman–Crippen MR) is 428 cm³/mol. The van der Waals surface area contributed by atoms with Gasteiger partial charge in [0.1, 0.15) is 78.8 Å². The fourth-order valence-corrected chi connectivity index (χ4v) is 7.56. The van der Waals surface area contributed by atoms with Crippen molar-refractivity contribution < 1.29 is 398 Å². The van der Waals surface area contributed by atoms with Gasteiger partial charge in [0.15, 0.2) is 33.6 Å². The largest absolute Gasteiger partial charge is 0.508 e. The van der Waals surface area contributed by atoms with Gasteiger partial charge in [-0.15, -0.1) is 0 Å². The summed E-state index contributed by atoms with van der Waals surface area (Å²) in [4.78, 5) is 136. The molecule has 48 heteroatoms. The van der Waals surface area contributed by atoms with Crippen molar-refractivity contribution in [1.82, 2.24) is 0 Å². The molecule has 6 radical (unpaired) electrons. The summed E-state index contributed by atoms with van der Waals surface area (Å²) in [5.74, 6) is -3.53. The number of hydrogen-bond acceptors (Lipinski definition) is 42. The van der Waals surface area contributed by atoms with Crippen LogP contribution in [0.15, 0.2) is 0 Å². The number of methoxy groups -OCH3 is 6. The molecule has 12 atom stereocenters. The molecule has 0 aromatic carbocycles. The van der Waals surface area contributed by atoms with Gasteiger partial charge in [-0.1, -0.05) is 49.0 Å². The van der Waals surface area contributed by atoms with Crippen molar-refractivity contribution >= 4 is 72.7 Å². The summed E-state index contributed by atoms with van der Waals surface area (Å²) < 4.78 is 117. The van der Waals surface area contributed by atoms with Crippen molar-refractivity contribution in [3.8, 4) is 0 Å². The Kier molecular flexibility index (Phi) is 104. The number of carbonyl (C=O) groups is 12. The van der Waals surface area contributed by atoms with Crippen LogP contribution in [0.25, 0.3) is 0 Å². The van der Waals surface area contributed by atoms with E-state index in [0.717, 1.165) is 0 Å². The topological polar surface area (TPSA) is 548 Å². The van der Waals surface area contributed by atoms with E-state index in [1.165, 1.54) is 42.7 Å². The average molecular weight is 2300 g/mol. The molecule has 127 heavy (non-hydrogen) atoms. The SMILES string of the molecule is C.CCC(O)COC(=O)C(C)(C)OC(C)COC(=O)OC.CCC(O)COC(=O)C(C)(C)OC(C)COC(=O)OC.CCC(O)COC(=O)C(C)(C)OC(C)COC(=O)OC.CCC(O)COC(=O)C(C)(C)OC(C)COC(=O)OC.CCC(O)COC(=O)C(C)(C)OC(C)COC(=O)OC.CCC(O)COC(=O)C(C)(C)OCC(C)OC(=O)OC.[Y].[Y].[Y].[Y].[Y].[Y]. The van der Waals surface area contributed by atoms with Crippen molar-refractivity contribution in [3.63, 3.8) is 0 Å². The van der Waals surface area contributed by atoms with E-state index >= 15 is 0 Å². The van der Waals surface area contributed by atoms with E-state index in [-0.39, 0.29) is 283 Å². The van der Waals surface area contributed by atoms with Crippen LogP contribution in [-0.4, -0.2) is 332 Å². The van der Waals surface area contributed by atoms with Crippen LogP contribution in [0.3, 0.4) is 0 Å². The summed E-state index contributed by atoms with van der Waals surface area (Å²) in [6.07, 6.45) is -9.09. The smallest absolute Gasteiger partial charge is 0.461 e. The van der Waals surface area contributed by atoms with Crippen molar-refractivity contribution in [2.24, 2.45) is 0 Å². The molecule has 0 saturated heterocycles. The van der Waals surface area contributed by atoms with Crippen LogP contribution >= 0.6 is 0 Å². The maximum absolute atomic E-state index is 11.8. The molecule has 0 heterocycles. The third kappa shape index (κ3) is 84.8. The minimum Gasteiger partial charge on any atom is -0.461 e. The van der Waals surface area contributed by atoms with Gasteiger partial charge >= 0.3 is 72.7 Å². The maximum atomic E-state index is 11.8. The molecule has 0 bridgehead atoms. The zero-order valence-corrected chi connectivity index (χ0v) is 96.5. The summed E-state index contributed by atoms with van der Waals surface area (Å²) in [7, 11) is 7.22. The Labute approximate surface area is 901 Å². The van der Waals surface area contributed by atoms with E-state index in [9.17, 15) is 88.2 Å². The second-order valence-corrected chi connectivity index (χ2v) is 29.2. The Morgan fingerprint density at radius 3 is 0.496 bits per heavy atom. The molecule has 42 nitrogen and oxygen atoms in total. The number of hydrogen-bond donors (Lipinski definition) is 6. The number of esters is 6. The molecule has 0 aliphatic rings. The van der Waals surface area contributed by atoms with Crippen LogP contribution in [0.5, 0.6) is 0 Å². The molecule has 0 saturated carbocycles. The molecule has 0 fully saturated rings. The molecule has 0 aromatic rings. The van der Waals surface area contributed by atoms with Crippen molar-refractivity contribution in [2.75, 3.05) is 122 Å². The molecule has 0 amide bonds. The zero-order valence-electron chi connectivity index (χ0n) is 79.5. The van der Waals surface area contributed by atoms with Gasteiger partial charge in [-0.05, 0) is 163 Å². The normalized spacial score (nSPS) is 13.5. The van der Waals surface area contributed by atoms with Crippen LogP contribution in [0.2, 0.25) is 0 Å². The van der Waals surface area contributed by atoms with Crippen molar-refractivity contribution in [3.05, 3.63) is 0 Å². The Morgan fingerprint density at radius 1 is 0.220 bits per heavy atom. The van der Waals surface area contributed by atoms with Gasteiger partial charge in [-0.2, -0.15) is 0 Å². The predicted octanol–water partition coefficient (Wildman–Crippen LogP) is 8.22. The van der Waals surface area contributed by atoms with Gasteiger partial charge in [0, 0.05) is 196 Å². The molecular weight excluding hydrogens is 2150 g/mol. The van der Waals surface area contributed by atoms with E-state index in [1.807, 2.05) is 0 Å². The number of ether oxygens (including phenoxy) is 24. The summed E-state index contributed by atoms with van der Waals surface area (Å²) in [5, 5.41) is 56.0. The summed E-state index contributed by atoms with van der Waals surface area (Å²) in [6, 6.07) is 0. The number of aliphatic hydroxyl groups is 6. The standard InChI is InChI=1S/6C13H24O7.CH4.6Y/c1-6-10(14)8-18-11(15)13(3,4)19-7-9(2)20-12(16)17-5;5*1-6-10(14)8-18-11(15)13(3,4)20-9(2)7-19-12(16)17-5;;;;;;;/h6*9-10,14H,6-8H2,1-5H3;1H4;;;;;;. The fourth-order valence-electron chi connectivity index (χ4n) is 7.56. The minimum atomic E-state index is -1.20. The van der Waals surface area contributed by atoms with Gasteiger partial charge in [0.25, 0.3) is 0 Å². The van der Waals surface area contributed by atoms with Crippen LogP contribution < -0.4 is 0 Å². The van der Waals surface area contributed by atoms with Crippen molar-refractivity contribution in [2.45, 2.75) is 319 Å². The maximum Gasteiger partial charge on any atom is 0.508 e. The van der Waals surface area contributed by atoms with Crippen molar-refractivity contribution in [1.29, 1.82) is 0 Å². The zero-order chi connectivity index (χ0) is 94.6. The van der Waals surface area contributed by atoms with Crippen LogP contribution in [0.1, 0.15) is 212 Å². The molecule has 0 rings (SSSR count). The molecule has 0 aliphatic carbocycles. The average Bonchev–Trinajstić information content (AvgIpc) is 1.04. The Bertz CT molecular complexity index is 2520. The fraction of sp³-hybridized carbons (Fsp3) is 0.848. The van der Waals surface area contributed by atoms with E-state index in [2.05, 4.69) is 28.4 Å². The van der Waals surface area contributed by atoms with Crippen LogP contribution in [0, 0.1) is 0 Å². The third-order valence-corrected chi connectivity index (χ3v) is 14.9. The van der Waals surface area contributed by atoms with Gasteiger partial charge in [-0.25, -0.2) is 57.5 Å². The molecule has 0 aromatic heterocycles. The molecule has 6 N–H and O–H groups in total.